The molecular formula is C27H33ClN2O3. The van der Waals surface area contributed by atoms with Crippen molar-refractivity contribution >= 4 is 23.4 Å². The van der Waals surface area contributed by atoms with Crippen molar-refractivity contribution in [2.24, 2.45) is 5.41 Å². The summed E-state index contributed by atoms with van der Waals surface area (Å²) in [7, 11) is 0. The number of rotatable bonds is 7. The van der Waals surface area contributed by atoms with Gasteiger partial charge < -0.3 is 14.5 Å². The Bertz CT molecular complexity index is 940. The number of benzene rings is 2. The Hall–Kier alpha value is -2.53. The molecular weight excluding hydrogens is 436 g/mol. The third-order valence-electron chi connectivity index (χ3n) is 7.21. The van der Waals surface area contributed by atoms with Gasteiger partial charge in [0.2, 0.25) is 11.8 Å². The quantitative estimate of drug-likeness (QED) is 0.528. The first-order chi connectivity index (χ1) is 16.0. The molecule has 2 aromatic rings. The van der Waals surface area contributed by atoms with E-state index in [4.69, 9.17) is 16.3 Å². The van der Waals surface area contributed by atoms with E-state index in [1.54, 1.807) is 0 Å². The number of likely N-dealkylation sites (tertiary alicyclic amines) is 2. The molecule has 1 atom stereocenters. The highest BCUT2D eigenvalue weighted by Crippen LogP contribution is 2.41. The van der Waals surface area contributed by atoms with Crippen molar-refractivity contribution in [3.63, 3.8) is 0 Å². The fraction of sp³-hybridized carbons (Fsp3) is 0.481. The summed E-state index contributed by atoms with van der Waals surface area (Å²) in [6, 6.07) is 17.3. The maximum atomic E-state index is 13.1. The molecule has 2 fully saturated rings. The first-order valence-electron chi connectivity index (χ1n) is 12.0. The van der Waals surface area contributed by atoms with Gasteiger partial charge in [-0.05, 0) is 67.9 Å². The molecule has 0 saturated carbocycles. The molecule has 2 saturated heterocycles. The highest BCUT2D eigenvalue weighted by Gasteiger charge is 2.43. The van der Waals surface area contributed by atoms with E-state index in [2.05, 4.69) is 0 Å². The Morgan fingerprint density at radius 1 is 0.970 bits per heavy atom. The van der Waals surface area contributed by atoms with Gasteiger partial charge >= 0.3 is 0 Å². The molecule has 176 valence electrons. The van der Waals surface area contributed by atoms with Crippen molar-refractivity contribution in [3.8, 4) is 5.75 Å². The second kappa shape index (κ2) is 10.6. The summed E-state index contributed by atoms with van der Waals surface area (Å²) in [6.07, 6.45) is 4.21. The number of amides is 2. The van der Waals surface area contributed by atoms with Crippen LogP contribution in [0.4, 0.5) is 0 Å². The van der Waals surface area contributed by atoms with Gasteiger partial charge in [-0.3, -0.25) is 9.59 Å². The standard InChI is InChI=1S/C27H33ClN2O3/c1-21(22-9-11-23(28)12-10-22)26(32)30-18-15-27(20-30)13-16-29(17-14-27)25(31)8-5-19-33-24-6-3-2-4-7-24/h2-4,6-7,9-12,21H,5,8,13-20H2,1H3. The van der Waals surface area contributed by atoms with Crippen LogP contribution in [0.15, 0.2) is 54.6 Å². The van der Waals surface area contributed by atoms with Crippen LogP contribution in [0.25, 0.3) is 0 Å². The largest absolute Gasteiger partial charge is 0.494 e. The molecule has 2 aliphatic rings. The lowest BCUT2D eigenvalue weighted by molar-refractivity contribution is -0.135. The molecule has 0 bridgehead atoms. The molecule has 5 nitrogen and oxygen atoms in total. The number of carbonyl (C=O) groups is 2. The van der Waals surface area contributed by atoms with Gasteiger partial charge in [-0.2, -0.15) is 0 Å². The Morgan fingerprint density at radius 3 is 2.27 bits per heavy atom. The lowest BCUT2D eigenvalue weighted by Crippen LogP contribution is -2.45. The maximum Gasteiger partial charge on any atom is 0.229 e. The van der Waals surface area contributed by atoms with Gasteiger partial charge in [0.05, 0.1) is 12.5 Å². The van der Waals surface area contributed by atoms with Crippen LogP contribution in [0.1, 0.15) is 50.5 Å². The van der Waals surface area contributed by atoms with Gasteiger partial charge in [-0.15, -0.1) is 0 Å². The smallest absolute Gasteiger partial charge is 0.229 e. The molecule has 2 aromatic carbocycles. The summed E-state index contributed by atoms with van der Waals surface area (Å²) in [5.74, 6) is 1.07. The molecule has 6 heteroatoms. The number of para-hydroxylation sites is 1. The molecule has 0 aliphatic carbocycles. The molecule has 1 spiro atoms. The Kier molecular flexibility index (Phi) is 7.59. The summed E-state index contributed by atoms with van der Waals surface area (Å²) in [5, 5.41) is 0.684. The van der Waals surface area contributed by atoms with Gasteiger partial charge in [0.15, 0.2) is 0 Å². The van der Waals surface area contributed by atoms with Crippen LogP contribution in [-0.2, 0) is 9.59 Å². The minimum Gasteiger partial charge on any atom is -0.494 e. The first-order valence-corrected chi connectivity index (χ1v) is 12.3. The number of hydrogen-bond acceptors (Lipinski definition) is 3. The van der Waals surface area contributed by atoms with E-state index in [1.165, 1.54) is 0 Å². The molecule has 33 heavy (non-hydrogen) atoms. The average Bonchev–Trinajstić information content (AvgIpc) is 3.25. The summed E-state index contributed by atoms with van der Waals surface area (Å²) >= 11 is 5.99. The third-order valence-corrected chi connectivity index (χ3v) is 7.47. The summed E-state index contributed by atoms with van der Waals surface area (Å²) in [6.45, 7) is 5.70. The fourth-order valence-electron chi connectivity index (χ4n) is 5.02. The number of ether oxygens (including phenoxy) is 1. The summed E-state index contributed by atoms with van der Waals surface area (Å²) in [4.78, 5) is 29.8. The van der Waals surface area contributed by atoms with Gasteiger partial charge in [-0.1, -0.05) is 41.9 Å². The topological polar surface area (TPSA) is 49.9 Å². The van der Waals surface area contributed by atoms with Gasteiger partial charge in [0.1, 0.15) is 5.75 Å². The van der Waals surface area contributed by atoms with E-state index < -0.39 is 0 Å². The molecule has 0 aromatic heterocycles. The van der Waals surface area contributed by atoms with E-state index in [1.807, 2.05) is 71.3 Å². The monoisotopic (exact) mass is 468 g/mol. The lowest BCUT2D eigenvalue weighted by Gasteiger charge is -2.39. The predicted molar refractivity (Wildman–Crippen MR) is 130 cm³/mol. The Labute approximate surface area is 201 Å². The van der Waals surface area contributed by atoms with Crippen molar-refractivity contribution < 1.29 is 14.3 Å². The minimum atomic E-state index is -0.169. The highest BCUT2D eigenvalue weighted by atomic mass is 35.5. The number of carbonyl (C=O) groups excluding carboxylic acids is 2. The van der Waals surface area contributed by atoms with Gasteiger partial charge in [0.25, 0.3) is 0 Å². The Morgan fingerprint density at radius 2 is 1.61 bits per heavy atom. The van der Waals surface area contributed by atoms with Crippen LogP contribution in [0.5, 0.6) is 5.75 Å². The van der Waals surface area contributed by atoms with Crippen molar-refractivity contribution in [2.75, 3.05) is 32.8 Å². The zero-order valence-electron chi connectivity index (χ0n) is 19.3. The van der Waals surface area contributed by atoms with E-state index >= 15 is 0 Å². The van der Waals surface area contributed by atoms with E-state index in [0.29, 0.717) is 18.1 Å². The normalized spacial score (nSPS) is 18.4. The zero-order valence-corrected chi connectivity index (χ0v) is 20.1. The molecule has 2 heterocycles. The van der Waals surface area contributed by atoms with Crippen LogP contribution in [-0.4, -0.2) is 54.4 Å². The van der Waals surface area contributed by atoms with Crippen molar-refractivity contribution in [2.45, 2.75) is 44.9 Å². The van der Waals surface area contributed by atoms with E-state index in [9.17, 15) is 9.59 Å². The van der Waals surface area contributed by atoms with Gasteiger partial charge in [-0.25, -0.2) is 0 Å². The van der Waals surface area contributed by atoms with Crippen molar-refractivity contribution in [3.05, 3.63) is 65.2 Å². The summed E-state index contributed by atoms with van der Waals surface area (Å²) < 4.78 is 5.70. The maximum absolute atomic E-state index is 13.1. The molecule has 2 aliphatic heterocycles. The number of nitrogens with zero attached hydrogens (tertiary/aromatic N) is 2. The molecule has 0 N–H and O–H groups in total. The van der Waals surface area contributed by atoms with Crippen molar-refractivity contribution in [1.29, 1.82) is 0 Å². The number of hydrogen-bond donors (Lipinski definition) is 0. The molecule has 2 amide bonds. The fourth-order valence-corrected chi connectivity index (χ4v) is 5.14. The van der Waals surface area contributed by atoms with Crippen molar-refractivity contribution in [1.82, 2.24) is 9.80 Å². The van der Waals surface area contributed by atoms with Crippen LogP contribution in [0.2, 0.25) is 5.02 Å². The molecule has 4 rings (SSSR count). The van der Waals surface area contributed by atoms with Crippen LogP contribution in [0.3, 0.4) is 0 Å². The number of piperidine rings is 1. The Balaban J connectivity index is 1.21. The molecule has 1 unspecified atom stereocenters. The van der Waals surface area contributed by atoms with E-state index in [-0.39, 0.29) is 23.1 Å². The second-order valence-electron chi connectivity index (χ2n) is 9.43. The highest BCUT2D eigenvalue weighted by molar-refractivity contribution is 6.30. The summed E-state index contributed by atoms with van der Waals surface area (Å²) in [5.41, 5.74) is 1.16. The first kappa shape index (κ1) is 23.6. The average molecular weight is 469 g/mol. The van der Waals surface area contributed by atoms with Crippen LogP contribution >= 0.6 is 11.6 Å². The third kappa shape index (κ3) is 5.89. The number of halogens is 1. The second-order valence-corrected chi connectivity index (χ2v) is 9.87. The lowest BCUT2D eigenvalue weighted by atomic mass is 9.77. The van der Waals surface area contributed by atoms with Crippen LogP contribution in [0, 0.1) is 5.41 Å². The molecule has 0 radical (unpaired) electrons. The van der Waals surface area contributed by atoms with Crippen LogP contribution < -0.4 is 4.74 Å². The van der Waals surface area contributed by atoms with Gasteiger partial charge in [0, 0.05) is 37.6 Å². The van der Waals surface area contributed by atoms with E-state index in [0.717, 1.165) is 63.2 Å². The minimum absolute atomic E-state index is 0.155. The predicted octanol–water partition coefficient (Wildman–Crippen LogP) is 5.14. The SMILES string of the molecule is CC(C(=O)N1CCC2(CCN(C(=O)CCCOc3ccccc3)CC2)C1)c1ccc(Cl)cc1. The zero-order chi connectivity index (χ0) is 23.3.